The van der Waals surface area contributed by atoms with Gasteiger partial charge in [-0.1, -0.05) is 23.7 Å². The van der Waals surface area contributed by atoms with Gasteiger partial charge >= 0.3 is 0 Å². The predicted octanol–water partition coefficient (Wildman–Crippen LogP) is 3.22. The van der Waals surface area contributed by atoms with E-state index in [0.717, 1.165) is 31.9 Å². The number of rotatable bonds is 4. The predicted molar refractivity (Wildman–Crippen MR) is 117 cm³/mol. The van der Waals surface area contributed by atoms with E-state index in [-0.39, 0.29) is 30.5 Å². The fraction of sp³-hybridized carbons (Fsp3) is 0.364. The molecule has 6 nitrogen and oxygen atoms in total. The van der Waals surface area contributed by atoms with Gasteiger partial charge in [-0.2, -0.15) is 0 Å². The third-order valence-corrected chi connectivity index (χ3v) is 5.93. The normalized spacial score (nSPS) is 20.0. The van der Waals surface area contributed by atoms with E-state index in [1.807, 2.05) is 12.1 Å². The van der Waals surface area contributed by atoms with Gasteiger partial charge in [0.25, 0.3) is 0 Å². The van der Waals surface area contributed by atoms with Crippen molar-refractivity contribution in [2.75, 3.05) is 54.9 Å². The van der Waals surface area contributed by atoms with Gasteiger partial charge in [0.15, 0.2) is 0 Å². The maximum Gasteiger partial charge on any atom is 0.229 e. The first-order valence-corrected chi connectivity index (χ1v) is 10.4. The van der Waals surface area contributed by atoms with Crippen LogP contribution in [0.3, 0.4) is 0 Å². The van der Waals surface area contributed by atoms with E-state index in [0.29, 0.717) is 10.7 Å². The van der Waals surface area contributed by atoms with Crippen LogP contribution in [0.2, 0.25) is 5.02 Å². The molecule has 0 spiro atoms. The zero-order valence-corrected chi connectivity index (χ0v) is 17.5. The summed E-state index contributed by atoms with van der Waals surface area (Å²) in [6.45, 7) is 3.72. The summed E-state index contributed by atoms with van der Waals surface area (Å²) < 4.78 is 14.1. The van der Waals surface area contributed by atoms with Crippen molar-refractivity contribution >= 4 is 40.5 Å². The molecule has 2 saturated heterocycles. The Balaban J connectivity index is 1.50. The van der Waals surface area contributed by atoms with E-state index in [4.69, 9.17) is 11.6 Å². The van der Waals surface area contributed by atoms with Gasteiger partial charge < -0.3 is 20.0 Å². The lowest BCUT2D eigenvalue weighted by atomic mass is 10.1. The Labute approximate surface area is 180 Å². The number of piperazine rings is 1. The van der Waals surface area contributed by atoms with E-state index in [2.05, 4.69) is 22.2 Å². The number of carbonyl (C=O) groups excluding carboxylic acids is 2. The number of likely N-dealkylation sites (N-methyl/N-ethyl adjacent to an activating group) is 1. The van der Waals surface area contributed by atoms with Gasteiger partial charge in [-0.25, -0.2) is 4.39 Å². The van der Waals surface area contributed by atoms with E-state index < -0.39 is 11.7 Å². The minimum atomic E-state index is -0.559. The first-order chi connectivity index (χ1) is 14.4. The second-order valence-electron chi connectivity index (χ2n) is 7.80. The lowest BCUT2D eigenvalue weighted by Crippen LogP contribution is -2.44. The molecule has 0 bridgehead atoms. The zero-order valence-electron chi connectivity index (χ0n) is 16.8. The van der Waals surface area contributed by atoms with Crippen molar-refractivity contribution in [2.24, 2.45) is 5.92 Å². The van der Waals surface area contributed by atoms with Crippen molar-refractivity contribution in [3.8, 4) is 0 Å². The zero-order chi connectivity index (χ0) is 21.3. The van der Waals surface area contributed by atoms with Crippen molar-refractivity contribution in [1.82, 2.24) is 4.90 Å². The highest BCUT2D eigenvalue weighted by Crippen LogP contribution is 2.32. The summed E-state index contributed by atoms with van der Waals surface area (Å²) in [4.78, 5) is 31.2. The van der Waals surface area contributed by atoms with Gasteiger partial charge in [0.2, 0.25) is 11.8 Å². The summed E-state index contributed by atoms with van der Waals surface area (Å²) in [7, 11) is 2.08. The monoisotopic (exact) mass is 430 g/mol. The van der Waals surface area contributed by atoms with Crippen molar-refractivity contribution in [3.63, 3.8) is 0 Å². The van der Waals surface area contributed by atoms with Crippen molar-refractivity contribution < 1.29 is 14.0 Å². The van der Waals surface area contributed by atoms with E-state index >= 15 is 0 Å². The summed E-state index contributed by atoms with van der Waals surface area (Å²) in [5, 5.41) is 3.48. The average molecular weight is 431 g/mol. The molecule has 30 heavy (non-hydrogen) atoms. The molecule has 0 radical (unpaired) electrons. The highest BCUT2D eigenvalue weighted by atomic mass is 35.5. The van der Waals surface area contributed by atoms with Crippen LogP contribution in [0.1, 0.15) is 6.42 Å². The van der Waals surface area contributed by atoms with E-state index in [1.165, 1.54) is 11.0 Å². The number of halogens is 2. The molecular formula is C22H24ClFN4O2. The molecule has 2 aromatic carbocycles. The quantitative estimate of drug-likeness (QED) is 0.809. The second kappa shape index (κ2) is 8.62. The molecule has 4 rings (SSSR count). The van der Waals surface area contributed by atoms with Crippen LogP contribution in [0.15, 0.2) is 42.5 Å². The summed E-state index contributed by atoms with van der Waals surface area (Å²) >= 11 is 6.18. The third kappa shape index (κ3) is 4.27. The molecule has 1 atom stereocenters. The molecule has 2 amide bonds. The van der Waals surface area contributed by atoms with Gasteiger partial charge in [0.05, 0.1) is 23.0 Å². The van der Waals surface area contributed by atoms with Crippen LogP contribution in [0.25, 0.3) is 0 Å². The molecule has 0 saturated carbocycles. The van der Waals surface area contributed by atoms with Crippen LogP contribution in [-0.2, 0) is 9.59 Å². The van der Waals surface area contributed by atoms with Crippen LogP contribution in [0, 0.1) is 11.7 Å². The van der Waals surface area contributed by atoms with Crippen molar-refractivity contribution in [2.45, 2.75) is 6.42 Å². The number of carbonyl (C=O) groups is 2. The number of hydrogen-bond donors (Lipinski definition) is 1. The molecule has 2 aliphatic rings. The summed E-state index contributed by atoms with van der Waals surface area (Å²) in [6, 6.07) is 11.6. The lowest BCUT2D eigenvalue weighted by molar-refractivity contribution is -0.122. The van der Waals surface area contributed by atoms with Crippen LogP contribution in [-0.4, -0.2) is 56.5 Å². The number of benzene rings is 2. The minimum Gasteiger partial charge on any atom is -0.367 e. The molecule has 0 unspecified atom stereocenters. The molecule has 2 aromatic rings. The highest BCUT2D eigenvalue weighted by molar-refractivity contribution is 6.31. The Bertz CT molecular complexity index is 962. The van der Waals surface area contributed by atoms with E-state index in [9.17, 15) is 14.0 Å². The van der Waals surface area contributed by atoms with Gasteiger partial charge in [-0.15, -0.1) is 0 Å². The van der Waals surface area contributed by atoms with Crippen LogP contribution in [0.4, 0.5) is 21.5 Å². The fourth-order valence-corrected chi connectivity index (χ4v) is 4.13. The molecule has 0 aromatic heterocycles. The number of hydrogen-bond acceptors (Lipinski definition) is 4. The minimum absolute atomic E-state index is 0.0462. The SMILES string of the molecule is CN1CCN(c2ccc(Cl)cc2NC(=O)[C@@H]2CC(=O)N(c3ccccc3F)C2)CC1. The first-order valence-electron chi connectivity index (χ1n) is 10.0. The first kappa shape index (κ1) is 20.6. The topological polar surface area (TPSA) is 55.9 Å². The third-order valence-electron chi connectivity index (χ3n) is 5.70. The molecule has 158 valence electrons. The Morgan fingerprint density at radius 3 is 2.57 bits per heavy atom. The summed E-state index contributed by atoms with van der Waals surface area (Å²) in [5.41, 5.74) is 1.75. The van der Waals surface area contributed by atoms with Crippen LogP contribution < -0.4 is 15.1 Å². The van der Waals surface area contributed by atoms with Gasteiger partial charge in [0, 0.05) is 44.2 Å². The summed E-state index contributed by atoms with van der Waals surface area (Å²) in [5.74, 6) is -1.55. The van der Waals surface area contributed by atoms with Gasteiger partial charge in [-0.3, -0.25) is 9.59 Å². The largest absolute Gasteiger partial charge is 0.367 e. The lowest BCUT2D eigenvalue weighted by Gasteiger charge is -2.35. The number of nitrogens with one attached hydrogen (secondary N) is 1. The fourth-order valence-electron chi connectivity index (χ4n) is 3.95. The maximum absolute atomic E-state index is 14.1. The van der Waals surface area contributed by atoms with Crippen molar-refractivity contribution in [1.29, 1.82) is 0 Å². The highest BCUT2D eigenvalue weighted by Gasteiger charge is 2.36. The molecule has 2 heterocycles. The number of nitrogens with zero attached hydrogens (tertiary/aromatic N) is 3. The second-order valence-corrected chi connectivity index (χ2v) is 8.23. The Kier molecular flexibility index (Phi) is 5.92. The standard InChI is InChI=1S/C22H24ClFN4O2/c1-26-8-10-27(11-9-26)20-7-6-16(23)13-18(20)25-22(30)15-12-21(29)28(14-15)19-5-3-2-4-17(19)24/h2-7,13,15H,8-12,14H2,1H3,(H,25,30)/t15-/m1/s1. The molecule has 1 N–H and O–H groups in total. The molecular weight excluding hydrogens is 407 g/mol. The maximum atomic E-state index is 14.1. The Morgan fingerprint density at radius 2 is 1.83 bits per heavy atom. The number of anilines is 3. The summed E-state index contributed by atoms with van der Waals surface area (Å²) in [6.07, 6.45) is 0.0462. The van der Waals surface area contributed by atoms with Crippen molar-refractivity contribution in [3.05, 3.63) is 53.3 Å². The van der Waals surface area contributed by atoms with E-state index in [1.54, 1.807) is 24.3 Å². The Hall–Kier alpha value is -2.64. The molecule has 0 aliphatic carbocycles. The molecule has 2 aliphatic heterocycles. The molecule has 8 heteroatoms. The van der Waals surface area contributed by atoms with Crippen LogP contribution >= 0.6 is 11.6 Å². The molecule has 2 fully saturated rings. The van der Waals surface area contributed by atoms with Crippen LogP contribution in [0.5, 0.6) is 0 Å². The number of para-hydroxylation sites is 1. The average Bonchev–Trinajstić information content (AvgIpc) is 3.11. The smallest absolute Gasteiger partial charge is 0.229 e. The van der Waals surface area contributed by atoms with Gasteiger partial charge in [-0.05, 0) is 37.4 Å². The van der Waals surface area contributed by atoms with Gasteiger partial charge in [0.1, 0.15) is 5.82 Å². The number of amides is 2. The Morgan fingerprint density at radius 1 is 1.10 bits per heavy atom.